The molecule has 1 saturated heterocycles. The Morgan fingerprint density at radius 2 is 2.04 bits per heavy atom. The van der Waals surface area contributed by atoms with Gasteiger partial charge in [-0.15, -0.1) is 24.0 Å². The summed E-state index contributed by atoms with van der Waals surface area (Å²) in [6.07, 6.45) is -3.58. The van der Waals surface area contributed by atoms with Gasteiger partial charge in [-0.1, -0.05) is 12.1 Å². The van der Waals surface area contributed by atoms with Crippen molar-refractivity contribution >= 4 is 35.6 Å². The fourth-order valence-electron chi connectivity index (χ4n) is 2.75. The van der Waals surface area contributed by atoms with Gasteiger partial charge in [-0.2, -0.15) is 13.2 Å². The highest BCUT2D eigenvalue weighted by Gasteiger charge is 2.34. The van der Waals surface area contributed by atoms with Gasteiger partial charge in [0.25, 0.3) is 5.69 Å². The minimum atomic E-state index is -4.19. The molecule has 2 rings (SSSR count). The smallest absolute Gasteiger partial charge is 0.357 e. The number of nitro benzene ring substituents is 1. The van der Waals surface area contributed by atoms with Gasteiger partial charge in [0.05, 0.1) is 18.0 Å². The second-order valence-electron chi connectivity index (χ2n) is 6.10. The molecule has 7 nitrogen and oxygen atoms in total. The van der Waals surface area contributed by atoms with Gasteiger partial charge in [0.1, 0.15) is 0 Å². The molecular weight excluding hydrogens is 478 g/mol. The van der Waals surface area contributed by atoms with Gasteiger partial charge in [0.2, 0.25) is 0 Å². The number of aliphatic imine (C=N–C) groups is 1. The van der Waals surface area contributed by atoms with Crippen molar-refractivity contribution in [3.63, 3.8) is 0 Å². The van der Waals surface area contributed by atoms with Crippen molar-refractivity contribution in [3.05, 3.63) is 39.9 Å². The largest absolute Gasteiger partial charge is 0.401 e. The van der Waals surface area contributed by atoms with Crippen LogP contribution >= 0.6 is 24.0 Å². The Balaban J connectivity index is 0.00000364. The van der Waals surface area contributed by atoms with E-state index in [4.69, 9.17) is 0 Å². The van der Waals surface area contributed by atoms with Crippen LogP contribution in [0.25, 0.3) is 0 Å². The van der Waals surface area contributed by atoms with Crippen molar-refractivity contribution in [1.82, 2.24) is 15.5 Å². The molecule has 1 fully saturated rings. The molecule has 1 aromatic rings. The van der Waals surface area contributed by atoms with E-state index in [1.54, 1.807) is 12.1 Å². The molecule has 1 unspecified atom stereocenters. The third kappa shape index (κ3) is 8.28. The first-order valence-corrected chi connectivity index (χ1v) is 8.34. The second-order valence-corrected chi connectivity index (χ2v) is 6.10. The third-order valence-corrected chi connectivity index (χ3v) is 3.93. The Kier molecular flexibility index (Phi) is 9.22. The summed E-state index contributed by atoms with van der Waals surface area (Å²) < 4.78 is 37.4. The van der Waals surface area contributed by atoms with E-state index in [9.17, 15) is 23.3 Å². The van der Waals surface area contributed by atoms with Crippen molar-refractivity contribution in [2.75, 3.05) is 26.2 Å². The number of non-ortho nitro benzene ring substituents is 1. The summed E-state index contributed by atoms with van der Waals surface area (Å²) in [6, 6.07) is 5.98. The molecular formula is C16H23F3IN5O2. The topological polar surface area (TPSA) is 82.8 Å². The van der Waals surface area contributed by atoms with Gasteiger partial charge in [0.15, 0.2) is 5.96 Å². The van der Waals surface area contributed by atoms with Crippen molar-refractivity contribution in [2.24, 2.45) is 4.99 Å². The van der Waals surface area contributed by atoms with Crippen LogP contribution in [0.1, 0.15) is 18.9 Å². The number of hydrogen-bond acceptors (Lipinski definition) is 4. The number of benzene rings is 1. The lowest BCUT2D eigenvalue weighted by Gasteiger charge is -2.19. The highest BCUT2D eigenvalue weighted by molar-refractivity contribution is 14.0. The van der Waals surface area contributed by atoms with Crippen LogP contribution in [0.5, 0.6) is 0 Å². The SMILES string of the molecule is CCNC(=NCc1ccc([N+](=O)[O-])cc1)NC1CCN(CC(F)(F)F)C1.I. The minimum Gasteiger partial charge on any atom is -0.357 e. The number of halogens is 4. The van der Waals surface area contributed by atoms with Gasteiger partial charge < -0.3 is 10.6 Å². The Morgan fingerprint density at radius 1 is 1.37 bits per heavy atom. The van der Waals surface area contributed by atoms with Crippen molar-refractivity contribution in [2.45, 2.75) is 32.1 Å². The maximum atomic E-state index is 12.5. The molecule has 1 aliphatic rings. The Bertz CT molecular complexity index is 640. The van der Waals surface area contributed by atoms with Crippen LogP contribution in [0.4, 0.5) is 18.9 Å². The van der Waals surface area contributed by atoms with E-state index in [-0.39, 0.29) is 35.7 Å². The first-order chi connectivity index (χ1) is 12.3. The van der Waals surface area contributed by atoms with E-state index in [0.717, 1.165) is 5.56 Å². The van der Waals surface area contributed by atoms with Gasteiger partial charge >= 0.3 is 6.18 Å². The number of nitrogens with one attached hydrogen (secondary N) is 2. The van der Waals surface area contributed by atoms with Gasteiger partial charge in [-0.25, -0.2) is 4.99 Å². The number of nitrogens with zero attached hydrogens (tertiary/aromatic N) is 3. The van der Waals surface area contributed by atoms with E-state index in [1.165, 1.54) is 17.0 Å². The van der Waals surface area contributed by atoms with Gasteiger partial charge in [-0.05, 0) is 18.9 Å². The van der Waals surface area contributed by atoms with E-state index >= 15 is 0 Å². The van der Waals surface area contributed by atoms with Crippen molar-refractivity contribution in [1.29, 1.82) is 0 Å². The molecule has 0 radical (unpaired) electrons. The maximum absolute atomic E-state index is 12.5. The number of likely N-dealkylation sites (tertiary alicyclic amines) is 1. The average Bonchev–Trinajstić information content (AvgIpc) is 2.98. The lowest BCUT2D eigenvalue weighted by Crippen LogP contribution is -2.45. The monoisotopic (exact) mass is 501 g/mol. The number of rotatable bonds is 6. The maximum Gasteiger partial charge on any atom is 0.401 e. The van der Waals surface area contributed by atoms with Gasteiger partial charge in [0, 0.05) is 37.8 Å². The number of guanidine groups is 1. The van der Waals surface area contributed by atoms with Crippen LogP contribution in [0.15, 0.2) is 29.3 Å². The fraction of sp³-hybridized carbons (Fsp3) is 0.562. The van der Waals surface area contributed by atoms with E-state index in [2.05, 4.69) is 15.6 Å². The van der Waals surface area contributed by atoms with E-state index in [1.807, 2.05) is 6.92 Å². The van der Waals surface area contributed by atoms with Crippen molar-refractivity contribution < 1.29 is 18.1 Å². The summed E-state index contributed by atoms with van der Waals surface area (Å²) in [4.78, 5) is 16.0. The second kappa shape index (κ2) is 10.6. The van der Waals surface area contributed by atoms with Crippen LogP contribution in [0.3, 0.4) is 0 Å². The molecule has 1 heterocycles. The average molecular weight is 501 g/mol. The third-order valence-electron chi connectivity index (χ3n) is 3.93. The molecule has 0 aliphatic carbocycles. The number of hydrogen-bond donors (Lipinski definition) is 2. The summed E-state index contributed by atoms with van der Waals surface area (Å²) in [7, 11) is 0. The number of nitro groups is 1. The first kappa shape index (κ1) is 23.4. The molecule has 2 N–H and O–H groups in total. The Labute approximate surface area is 172 Å². The van der Waals surface area contributed by atoms with Crippen molar-refractivity contribution in [3.8, 4) is 0 Å². The van der Waals surface area contributed by atoms with Gasteiger partial charge in [-0.3, -0.25) is 15.0 Å². The predicted molar refractivity (Wildman–Crippen MR) is 107 cm³/mol. The lowest BCUT2D eigenvalue weighted by molar-refractivity contribution is -0.384. The van der Waals surface area contributed by atoms with Crippen LogP contribution in [0.2, 0.25) is 0 Å². The van der Waals surface area contributed by atoms with E-state index in [0.29, 0.717) is 38.6 Å². The minimum absolute atomic E-state index is 0. The lowest BCUT2D eigenvalue weighted by atomic mass is 10.2. The Morgan fingerprint density at radius 3 is 2.59 bits per heavy atom. The quantitative estimate of drug-likeness (QED) is 0.206. The molecule has 0 aromatic heterocycles. The summed E-state index contributed by atoms with van der Waals surface area (Å²) in [5, 5.41) is 16.9. The number of alkyl halides is 3. The van der Waals surface area contributed by atoms with Crippen LogP contribution < -0.4 is 10.6 Å². The molecule has 1 aliphatic heterocycles. The molecule has 11 heteroatoms. The van der Waals surface area contributed by atoms with Crippen LogP contribution in [-0.4, -0.2) is 54.2 Å². The molecule has 0 amide bonds. The summed E-state index contributed by atoms with van der Waals surface area (Å²) >= 11 is 0. The summed E-state index contributed by atoms with van der Waals surface area (Å²) in [5.41, 5.74) is 0.816. The Hall–Kier alpha value is -1.63. The normalized spacial score (nSPS) is 18.1. The standard InChI is InChI=1S/C16H22F3N5O2.HI/c1-2-20-15(21-9-12-3-5-14(6-4-12)24(25)26)22-13-7-8-23(10-13)11-16(17,18)19;/h3-6,13H,2,7-11H2,1H3,(H2,20,21,22);1H. The zero-order chi connectivity index (χ0) is 19.2. The zero-order valence-corrected chi connectivity index (χ0v) is 17.2. The molecule has 1 aromatic carbocycles. The molecule has 0 saturated carbocycles. The van der Waals surface area contributed by atoms with E-state index < -0.39 is 17.6 Å². The molecule has 152 valence electrons. The zero-order valence-electron chi connectivity index (χ0n) is 14.8. The predicted octanol–water partition coefficient (Wildman–Crippen LogP) is 2.90. The summed E-state index contributed by atoms with van der Waals surface area (Å²) in [5.74, 6) is 0.518. The molecule has 1 atom stereocenters. The summed E-state index contributed by atoms with van der Waals surface area (Å²) in [6.45, 7) is 2.62. The highest BCUT2D eigenvalue weighted by atomic mass is 127. The molecule has 0 bridgehead atoms. The van der Waals surface area contributed by atoms with Crippen LogP contribution in [0, 0.1) is 10.1 Å². The molecule has 0 spiro atoms. The fourth-order valence-corrected chi connectivity index (χ4v) is 2.75. The van der Waals surface area contributed by atoms with Crippen LogP contribution in [-0.2, 0) is 6.54 Å². The highest BCUT2D eigenvalue weighted by Crippen LogP contribution is 2.20. The first-order valence-electron chi connectivity index (χ1n) is 8.34. The molecule has 27 heavy (non-hydrogen) atoms.